The highest BCUT2D eigenvalue weighted by Crippen LogP contribution is 2.28. The summed E-state index contributed by atoms with van der Waals surface area (Å²) in [5.74, 6) is 0.772. The largest absolute Gasteiger partial charge is 0.493 e. The molecule has 7 nitrogen and oxygen atoms in total. The number of hydrogen-bond acceptors (Lipinski definition) is 5. The van der Waals surface area contributed by atoms with Crippen LogP contribution in [0.3, 0.4) is 0 Å². The van der Waals surface area contributed by atoms with Gasteiger partial charge < -0.3 is 19.5 Å². The van der Waals surface area contributed by atoms with E-state index in [0.717, 1.165) is 5.69 Å². The summed E-state index contributed by atoms with van der Waals surface area (Å²) in [7, 11) is 3.05. The number of anilines is 2. The van der Waals surface area contributed by atoms with Crippen molar-refractivity contribution in [1.29, 1.82) is 0 Å². The summed E-state index contributed by atoms with van der Waals surface area (Å²) >= 11 is 0. The van der Waals surface area contributed by atoms with Crippen molar-refractivity contribution in [2.45, 2.75) is 0 Å². The smallest absolute Gasteiger partial charge is 0.414 e. The van der Waals surface area contributed by atoms with Crippen molar-refractivity contribution in [1.82, 2.24) is 0 Å². The number of ether oxygens (including phenoxy) is 3. The number of carbonyl (C=O) groups is 2. The van der Waals surface area contributed by atoms with Gasteiger partial charge in [-0.3, -0.25) is 9.69 Å². The van der Waals surface area contributed by atoms with Crippen LogP contribution in [0.5, 0.6) is 11.5 Å². The summed E-state index contributed by atoms with van der Waals surface area (Å²) in [6.45, 7) is 0.910. The number of carbonyl (C=O) groups excluding carboxylic acids is 2. The molecule has 1 aliphatic rings. The van der Waals surface area contributed by atoms with Gasteiger partial charge in [0.05, 0.1) is 20.8 Å². The lowest BCUT2D eigenvalue weighted by atomic mass is 10.1. The second-order valence-electron chi connectivity index (χ2n) is 5.34. The van der Waals surface area contributed by atoms with E-state index >= 15 is 0 Å². The van der Waals surface area contributed by atoms with Gasteiger partial charge in [-0.15, -0.1) is 0 Å². The molecule has 1 fully saturated rings. The standard InChI is InChI=1S/C18H18N2O5/c1-23-15-8-3-12(11-16(15)24-2)17(21)19-13-4-6-14(7-5-13)20-9-10-25-18(20)22/h3-8,11H,9-10H2,1-2H3,(H,19,21). The van der Waals surface area contributed by atoms with E-state index in [4.69, 9.17) is 14.2 Å². The zero-order chi connectivity index (χ0) is 17.8. The molecule has 1 N–H and O–H groups in total. The third-order valence-electron chi connectivity index (χ3n) is 3.84. The van der Waals surface area contributed by atoms with E-state index in [1.165, 1.54) is 14.2 Å². The molecule has 25 heavy (non-hydrogen) atoms. The van der Waals surface area contributed by atoms with Gasteiger partial charge in [0, 0.05) is 16.9 Å². The average Bonchev–Trinajstić information content (AvgIpc) is 3.07. The van der Waals surface area contributed by atoms with Gasteiger partial charge in [-0.05, 0) is 42.5 Å². The summed E-state index contributed by atoms with van der Waals surface area (Å²) in [4.78, 5) is 25.5. The molecule has 2 amide bonds. The van der Waals surface area contributed by atoms with Crippen LogP contribution in [0.2, 0.25) is 0 Å². The maximum atomic E-state index is 12.4. The monoisotopic (exact) mass is 342 g/mol. The van der Waals surface area contributed by atoms with E-state index in [1.54, 1.807) is 47.4 Å². The number of cyclic esters (lactones) is 1. The molecule has 1 aliphatic heterocycles. The lowest BCUT2D eigenvalue weighted by Crippen LogP contribution is -2.23. The number of hydrogen-bond donors (Lipinski definition) is 1. The summed E-state index contributed by atoms with van der Waals surface area (Å²) in [5.41, 5.74) is 1.80. The Hall–Kier alpha value is -3.22. The fourth-order valence-electron chi connectivity index (χ4n) is 2.53. The third-order valence-corrected chi connectivity index (χ3v) is 3.84. The third kappa shape index (κ3) is 3.50. The zero-order valence-corrected chi connectivity index (χ0v) is 13.9. The summed E-state index contributed by atoms with van der Waals surface area (Å²) in [5, 5.41) is 2.81. The fraction of sp³-hybridized carbons (Fsp3) is 0.222. The minimum atomic E-state index is -0.359. The molecule has 2 aromatic carbocycles. The molecule has 0 aromatic heterocycles. The molecule has 1 heterocycles. The summed E-state index contributed by atoms with van der Waals surface area (Å²) < 4.78 is 15.3. The van der Waals surface area contributed by atoms with Gasteiger partial charge >= 0.3 is 6.09 Å². The fourth-order valence-corrected chi connectivity index (χ4v) is 2.53. The molecule has 0 saturated carbocycles. The van der Waals surface area contributed by atoms with Gasteiger partial charge in [0.25, 0.3) is 5.91 Å². The Morgan fingerprint density at radius 1 is 1.08 bits per heavy atom. The van der Waals surface area contributed by atoms with Crippen LogP contribution in [-0.4, -0.2) is 39.4 Å². The van der Waals surface area contributed by atoms with Gasteiger partial charge in [0.2, 0.25) is 0 Å². The SMILES string of the molecule is COc1ccc(C(=O)Nc2ccc(N3CCOC3=O)cc2)cc1OC. The first-order chi connectivity index (χ1) is 12.1. The number of nitrogens with one attached hydrogen (secondary N) is 1. The Bertz CT molecular complexity index is 789. The predicted octanol–water partition coefficient (Wildman–Crippen LogP) is 2.91. The van der Waals surface area contributed by atoms with E-state index in [1.807, 2.05) is 0 Å². The van der Waals surface area contributed by atoms with E-state index < -0.39 is 0 Å². The van der Waals surface area contributed by atoms with Crippen LogP contribution < -0.4 is 19.7 Å². The summed E-state index contributed by atoms with van der Waals surface area (Å²) in [6, 6.07) is 11.9. The lowest BCUT2D eigenvalue weighted by Gasteiger charge is -2.13. The molecule has 1 saturated heterocycles. The number of methoxy groups -OCH3 is 2. The van der Waals surface area contributed by atoms with E-state index in [0.29, 0.717) is 35.9 Å². The van der Waals surface area contributed by atoms with Crippen molar-refractivity contribution in [3.8, 4) is 11.5 Å². The van der Waals surface area contributed by atoms with Crippen molar-refractivity contribution in [3.05, 3.63) is 48.0 Å². The van der Waals surface area contributed by atoms with Crippen molar-refractivity contribution >= 4 is 23.4 Å². The molecule has 7 heteroatoms. The second-order valence-corrected chi connectivity index (χ2v) is 5.34. The van der Waals surface area contributed by atoms with Crippen LogP contribution in [0.4, 0.5) is 16.2 Å². The van der Waals surface area contributed by atoms with Gasteiger partial charge in [0.1, 0.15) is 6.61 Å². The predicted molar refractivity (Wildman–Crippen MR) is 92.6 cm³/mol. The van der Waals surface area contributed by atoms with Crippen molar-refractivity contribution < 1.29 is 23.8 Å². The van der Waals surface area contributed by atoms with Gasteiger partial charge in [-0.1, -0.05) is 0 Å². The van der Waals surface area contributed by atoms with Crippen molar-refractivity contribution in [2.75, 3.05) is 37.6 Å². The first-order valence-corrected chi connectivity index (χ1v) is 7.70. The Balaban J connectivity index is 1.71. The molecule has 0 unspecified atom stereocenters. The molecule has 0 aliphatic carbocycles. The second kappa shape index (κ2) is 7.12. The van der Waals surface area contributed by atoms with Crippen molar-refractivity contribution in [3.63, 3.8) is 0 Å². The lowest BCUT2D eigenvalue weighted by molar-refractivity contribution is 0.102. The number of benzene rings is 2. The van der Waals surface area contributed by atoms with Crippen LogP contribution in [0.1, 0.15) is 10.4 Å². The molecule has 2 aromatic rings. The van der Waals surface area contributed by atoms with Crippen LogP contribution in [0, 0.1) is 0 Å². The highest BCUT2D eigenvalue weighted by Gasteiger charge is 2.23. The minimum absolute atomic E-state index is 0.269. The van der Waals surface area contributed by atoms with Gasteiger partial charge in [-0.25, -0.2) is 4.79 Å². The molecule has 0 bridgehead atoms. The van der Waals surface area contributed by atoms with E-state index in [9.17, 15) is 9.59 Å². The van der Waals surface area contributed by atoms with Crippen LogP contribution in [0.25, 0.3) is 0 Å². The Morgan fingerprint density at radius 2 is 1.80 bits per heavy atom. The molecule has 3 rings (SSSR count). The van der Waals surface area contributed by atoms with E-state index in [-0.39, 0.29) is 12.0 Å². The number of nitrogens with zero attached hydrogens (tertiary/aromatic N) is 1. The molecular formula is C18H18N2O5. The van der Waals surface area contributed by atoms with Crippen LogP contribution >= 0.6 is 0 Å². The first-order valence-electron chi connectivity index (χ1n) is 7.70. The highest BCUT2D eigenvalue weighted by atomic mass is 16.6. The molecule has 0 radical (unpaired) electrons. The number of rotatable bonds is 5. The maximum Gasteiger partial charge on any atom is 0.414 e. The maximum absolute atomic E-state index is 12.4. The van der Waals surface area contributed by atoms with Crippen LogP contribution in [0.15, 0.2) is 42.5 Å². The quantitative estimate of drug-likeness (QED) is 0.904. The molecule has 0 spiro atoms. The molecule has 130 valence electrons. The highest BCUT2D eigenvalue weighted by molar-refractivity contribution is 6.04. The molecule has 0 atom stereocenters. The van der Waals surface area contributed by atoms with E-state index in [2.05, 4.69) is 5.32 Å². The summed E-state index contributed by atoms with van der Waals surface area (Å²) in [6.07, 6.45) is -0.359. The van der Waals surface area contributed by atoms with Gasteiger partial charge in [0.15, 0.2) is 11.5 Å². The average molecular weight is 342 g/mol. The zero-order valence-electron chi connectivity index (χ0n) is 13.9. The first kappa shape index (κ1) is 16.6. The Morgan fingerprint density at radius 3 is 2.40 bits per heavy atom. The van der Waals surface area contributed by atoms with Crippen LogP contribution in [-0.2, 0) is 4.74 Å². The molecular weight excluding hydrogens is 324 g/mol. The van der Waals surface area contributed by atoms with Gasteiger partial charge in [-0.2, -0.15) is 0 Å². The minimum Gasteiger partial charge on any atom is -0.493 e. The number of amides is 2. The normalized spacial score (nSPS) is 13.4. The Kier molecular flexibility index (Phi) is 4.74. The topological polar surface area (TPSA) is 77.1 Å². The Labute approximate surface area is 145 Å². The van der Waals surface area contributed by atoms with Crippen molar-refractivity contribution in [2.24, 2.45) is 0 Å².